The third-order valence-electron chi connectivity index (χ3n) is 2.06. The van der Waals surface area contributed by atoms with Crippen LogP contribution in [0.4, 0.5) is 14.5 Å². The summed E-state index contributed by atoms with van der Waals surface area (Å²) in [5, 5.41) is 0. The second kappa shape index (κ2) is 4.88. The zero-order chi connectivity index (χ0) is 12.3. The first-order chi connectivity index (χ1) is 7.45. The number of anilines is 1. The van der Waals surface area contributed by atoms with Crippen molar-refractivity contribution in [3.8, 4) is 0 Å². The van der Waals surface area contributed by atoms with E-state index in [4.69, 9.17) is 0 Å². The fourth-order valence-electron chi connectivity index (χ4n) is 1.50. The van der Waals surface area contributed by atoms with E-state index in [1.54, 1.807) is 14.0 Å². The van der Waals surface area contributed by atoms with Gasteiger partial charge in [-0.25, -0.2) is 8.78 Å². The lowest BCUT2D eigenvalue weighted by atomic mass is 10.2. The van der Waals surface area contributed by atoms with Crippen LogP contribution in [0, 0.1) is 11.6 Å². The number of rotatable bonds is 4. The van der Waals surface area contributed by atoms with Crippen molar-refractivity contribution in [1.82, 2.24) is 0 Å². The molecule has 0 atom stereocenters. The molecule has 0 aliphatic heterocycles. The summed E-state index contributed by atoms with van der Waals surface area (Å²) in [6.07, 6.45) is 0.411. The molecule has 0 radical (unpaired) electrons. The molecule has 4 heteroatoms. The van der Waals surface area contributed by atoms with Crippen molar-refractivity contribution < 1.29 is 13.6 Å². The summed E-state index contributed by atoms with van der Waals surface area (Å²) in [4.78, 5) is 11.8. The molecule has 0 unspecified atom stereocenters. The molecule has 0 heterocycles. The topological polar surface area (TPSA) is 20.3 Å². The van der Waals surface area contributed by atoms with Crippen LogP contribution in [0.25, 0.3) is 0 Å². The molecule has 0 aromatic heterocycles. The standard InChI is InChI=1S/C12H13F2NO/c1-8(2)6-15(3)12-10(13)4-9(7-16)5-11(12)14/h4-5,7H,1,6H2,2-3H3. The Kier molecular flexibility index (Phi) is 3.77. The van der Waals surface area contributed by atoms with Crippen molar-refractivity contribution in [3.05, 3.63) is 41.5 Å². The Morgan fingerprint density at radius 3 is 2.31 bits per heavy atom. The number of benzene rings is 1. The molecule has 86 valence electrons. The molecular formula is C12H13F2NO. The second-order valence-corrected chi connectivity index (χ2v) is 3.76. The molecule has 2 nitrogen and oxygen atoms in total. The summed E-state index contributed by atoms with van der Waals surface area (Å²) >= 11 is 0. The first-order valence-corrected chi connectivity index (χ1v) is 4.75. The maximum absolute atomic E-state index is 13.5. The summed E-state index contributed by atoms with van der Waals surface area (Å²) in [6, 6.07) is 2.03. The van der Waals surface area contributed by atoms with Crippen LogP contribution in [0.2, 0.25) is 0 Å². The highest BCUT2D eigenvalue weighted by atomic mass is 19.1. The molecule has 0 saturated carbocycles. The Bertz CT molecular complexity index is 406. The van der Waals surface area contributed by atoms with Crippen LogP contribution in [0.1, 0.15) is 17.3 Å². The molecule has 0 N–H and O–H groups in total. The molecule has 1 rings (SSSR count). The average molecular weight is 225 g/mol. The van der Waals surface area contributed by atoms with E-state index in [2.05, 4.69) is 6.58 Å². The van der Waals surface area contributed by atoms with Gasteiger partial charge in [-0.15, -0.1) is 0 Å². The van der Waals surface area contributed by atoms with Crippen molar-refractivity contribution in [2.45, 2.75) is 6.92 Å². The summed E-state index contributed by atoms with van der Waals surface area (Å²) in [7, 11) is 1.57. The maximum Gasteiger partial charge on any atom is 0.150 e. The van der Waals surface area contributed by atoms with Gasteiger partial charge in [0.05, 0.1) is 0 Å². The Morgan fingerprint density at radius 2 is 1.94 bits per heavy atom. The molecule has 16 heavy (non-hydrogen) atoms. The number of hydrogen-bond acceptors (Lipinski definition) is 2. The van der Waals surface area contributed by atoms with Crippen molar-refractivity contribution in [2.24, 2.45) is 0 Å². The van der Waals surface area contributed by atoms with Crippen LogP contribution in [0.15, 0.2) is 24.3 Å². The van der Waals surface area contributed by atoms with Gasteiger partial charge in [-0.05, 0) is 19.1 Å². The van der Waals surface area contributed by atoms with Gasteiger partial charge in [0.15, 0.2) is 0 Å². The number of hydrogen-bond donors (Lipinski definition) is 0. The normalized spacial score (nSPS) is 10.0. The average Bonchev–Trinajstić information content (AvgIpc) is 2.15. The van der Waals surface area contributed by atoms with E-state index in [1.165, 1.54) is 4.90 Å². The fraction of sp³-hybridized carbons (Fsp3) is 0.250. The molecule has 1 aromatic carbocycles. The Morgan fingerprint density at radius 1 is 1.44 bits per heavy atom. The van der Waals surface area contributed by atoms with Gasteiger partial charge in [-0.3, -0.25) is 4.79 Å². The van der Waals surface area contributed by atoms with E-state index in [0.29, 0.717) is 12.8 Å². The van der Waals surface area contributed by atoms with Gasteiger partial charge in [0.2, 0.25) is 0 Å². The SMILES string of the molecule is C=C(C)CN(C)c1c(F)cc(C=O)cc1F. The molecule has 0 amide bonds. The van der Waals surface area contributed by atoms with Crippen LogP contribution in [0.5, 0.6) is 0 Å². The van der Waals surface area contributed by atoms with Gasteiger partial charge in [0.25, 0.3) is 0 Å². The summed E-state index contributed by atoms with van der Waals surface area (Å²) < 4.78 is 27.1. The molecule has 0 saturated heterocycles. The van der Waals surface area contributed by atoms with Crippen molar-refractivity contribution in [1.29, 1.82) is 0 Å². The fourth-order valence-corrected chi connectivity index (χ4v) is 1.50. The van der Waals surface area contributed by atoms with Gasteiger partial charge in [0, 0.05) is 19.2 Å². The lowest BCUT2D eigenvalue weighted by Gasteiger charge is -2.20. The zero-order valence-electron chi connectivity index (χ0n) is 9.26. The quantitative estimate of drug-likeness (QED) is 0.580. The maximum atomic E-state index is 13.5. The number of carbonyl (C=O) groups is 1. The highest BCUT2D eigenvalue weighted by molar-refractivity contribution is 5.76. The third kappa shape index (κ3) is 2.66. The number of aldehydes is 1. The van der Waals surface area contributed by atoms with Crippen LogP contribution >= 0.6 is 0 Å². The van der Waals surface area contributed by atoms with Gasteiger partial charge >= 0.3 is 0 Å². The Labute approximate surface area is 93.2 Å². The van der Waals surface area contributed by atoms with Gasteiger partial charge in [-0.2, -0.15) is 0 Å². The van der Waals surface area contributed by atoms with Crippen molar-refractivity contribution >= 4 is 12.0 Å². The number of carbonyl (C=O) groups excluding carboxylic acids is 1. The van der Waals surface area contributed by atoms with Gasteiger partial charge < -0.3 is 4.90 Å². The largest absolute Gasteiger partial charge is 0.366 e. The summed E-state index contributed by atoms with van der Waals surface area (Å²) in [6.45, 7) is 5.80. The van der Waals surface area contributed by atoms with E-state index < -0.39 is 11.6 Å². The summed E-state index contributed by atoms with van der Waals surface area (Å²) in [5.74, 6) is -1.49. The van der Waals surface area contributed by atoms with E-state index in [0.717, 1.165) is 17.7 Å². The predicted octanol–water partition coefficient (Wildman–Crippen LogP) is 2.79. The van der Waals surface area contributed by atoms with E-state index in [9.17, 15) is 13.6 Å². The van der Waals surface area contributed by atoms with Crippen LogP contribution in [-0.2, 0) is 0 Å². The van der Waals surface area contributed by atoms with E-state index >= 15 is 0 Å². The smallest absolute Gasteiger partial charge is 0.150 e. The number of halogens is 2. The minimum absolute atomic E-state index is 0.0116. The third-order valence-corrected chi connectivity index (χ3v) is 2.06. The molecule has 0 aliphatic carbocycles. The molecule has 0 fully saturated rings. The van der Waals surface area contributed by atoms with Crippen LogP contribution in [-0.4, -0.2) is 19.9 Å². The lowest BCUT2D eigenvalue weighted by Crippen LogP contribution is -2.21. The molecule has 0 aliphatic rings. The lowest BCUT2D eigenvalue weighted by molar-refractivity contribution is 0.112. The first kappa shape index (κ1) is 12.4. The number of likely N-dealkylation sites (N-methyl/N-ethyl adjacent to an activating group) is 1. The van der Waals surface area contributed by atoms with Crippen molar-refractivity contribution in [3.63, 3.8) is 0 Å². The highest BCUT2D eigenvalue weighted by Gasteiger charge is 2.14. The summed E-state index contributed by atoms with van der Waals surface area (Å²) in [5.41, 5.74) is 0.636. The molecule has 1 aromatic rings. The zero-order valence-corrected chi connectivity index (χ0v) is 9.26. The van der Waals surface area contributed by atoms with Crippen LogP contribution in [0.3, 0.4) is 0 Å². The monoisotopic (exact) mass is 225 g/mol. The minimum Gasteiger partial charge on any atom is -0.366 e. The van der Waals surface area contributed by atoms with E-state index in [-0.39, 0.29) is 11.3 Å². The number of nitrogens with zero attached hydrogens (tertiary/aromatic N) is 1. The second-order valence-electron chi connectivity index (χ2n) is 3.76. The molecule has 0 bridgehead atoms. The molecule has 0 spiro atoms. The van der Waals surface area contributed by atoms with E-state index in [1.807, 2.05) is 0 Å². The Hall–Kier alpha value is -1.71. The van der Waals surface area contributed by atoms with Crippen LogP contribution < -0.4 is 4.90 Å². The van der Waals surface area contributed by atoms with Crippen molar-refractivity contribution in [2.75, 3.05) is 18.5 Å². The highest BCUT2D eigenvalue weighted by Crippen LogP contribution is 2.24. The minimum atomic E-state index is -0.745. The Balaban J connectivity index is 3.13. The predicted molar refractivity (Wildman–Crippen MR) is 59.8 cm³/mol. The van der Waals surface area contributed by atoms with Gasteiger partial charge in [-0.1, -0.05) is 12.2 Å². The molecular weight excluding hydrogens is 212 g/mol. The van der Waals surface area contributed by atoms with Gasteiger partial charge in [0.1, 0.15) is 23.6 Å². The first-order valence-electron chi connectivity index (χ1n) is 4.75.